The first-order valence-corrected chi connectivity index (χ1v) is 5.96. The normalized spacial score (nSPS) is 10.2. The number of pyridine rings is 1. The van der Waals surface area contributed by atoms with Crippen LogP contribution >= 0.6 is 15.9 Å². The van der Waals surface area contributed by atoms with E-state index in [1.165, 1.54) is 25.3 Å². The first-order chi connectivity index (χ1) is 8.58. The Morgan fingerprint density at radius 1 is 1.39 bits per heavy atom. The second kappa shape index (κ2) is 5.27. The van der Waals surface area contributed by atoms with E-state index in [4.69, 9.17) is 4.74 Å². The van der Waals surface area contributed by atoms with Gasteiger partial charge in [-0.1, -0.05) is 0 Å². The molecule has 0 aliphatic carbocycles. The van der Waals surface area contributed by atoms with Crippen molar-refractivity contribution in [3.05, 3.63) is 52.4 Å². The standard InChI is InChI=1S/C13H9BrFNO2/c1-8(17)10-3-2-6-16-13(10)18-9-4-5-11(14)12(15)7-9/h2-7H,1H3. The molecule has 92 valence electrons. The van der Waals surface area contributed by atoms with E-state index in [2.05, 4.69) is 20.9 Å². The Balaban J connectivity index is 2.34. The van der Waals surface area contributed by atoms with Gasteiger partial charge >= 0.3 is 0 Å². The summed E-state index contributed by atoms with van der Waals surface area (Å²) in [6, 6.07) is 7.60. The van der Waals surface area contributed by atoms with E-state index < -0.39 is 5.82 Å². The van der Waals surface area contributed by atoms with Crippen LogP contribution in [0.2, 0.25) is 0 Å². The van der Waals surface area contributed by atoms with Crippen molar-refractivity contribution in [1.29, 1.82) is 0 Å². The lowest BCUT2D eigenvalue weighted by Crippen LogP contribution is -1.99. The summed E-state index contributed by atoms with van der Waals surface area (Å²) in [4.78, 5) is 15.3. The Labute approximate surface area is 112 Å². The quantitative estimate of drug-likeness (QED) is 0.805. The molecule has 0 unspecified atom stereocenters. The predicted octanol–water partition coefficient (Wildman–Crippen LogP) is 3.98. The lowest BCUT2D eigenvalue weighted by atomic mass is 10.2. The number of rotatable bonds is 3. The molecule has 18 heavy (non-hydrogen) atoms. The Morgan fingerprint density at radius 3 is 2.83 bits per heavy atom. The Morgan fingerprint density at radius 2 is 2.17 bits per heavy atom. The molecule has 1 aromatic heterocycles. The number of carbonyl (C=O) groups excluding carboxylic acids is 1. The van der Waals surface area contributed by atoms with Crippen LogP contribution in [0.15, 0.2) is 41.0 Å². The number of ether oxygens (including phenoxy) is 1. The van der Waals surface area contributed by atoms with Gasteiger partial charge in [0.25, 0.3) is 0 Å². The Bertz CT molecular complexity index is 601. The molecule has 0 saturated heterocycles. The maximum Gasteiger partial charge on any atom is 0.230 e. The summed E-state index contributed by atoms with van der Waals surface area (Å²) in [7, 11) is 0. The zero-order valence-electron chi connectivity index (χ0n) is 9.48. The van der Waals surface area contributed by atoms with Gasteiger partial charge in [0.1, 0.15) is 11.6 Å². The molecule has 5 heteroatoms. The van der Waals surface area contributed by atoms with Crippen LogP contribution in [0.25, 0.3) is 0 Å². The third-order valence-electron chi connectivity index (χ3n) is 2.26. The van der Waals surface area contributed by atoms with Crippen LogP contribution in [0, 0.1) is 5.82 Å². The molecular weight excluding hydrogens is 301 g/mol. The highest BCUT2D eigenvalue weighted by molar-refractivity contribution is 9.10. The number of halogens is 2. The van der Waals surface area contributed by atoms with Gasteiger partial charge in [-0.25, -0.2) is 9.37 Å². The summed E-state index contributed by atoms with van der Waals surface area (Å²) in [5.74, 6) is -0.132. The average molecular weight is 310 g/mol. The van der Waals surface area contributed by atoms with Crippen LogP contribution in [0.3, 0.4) is 0 Å². The van der Waals surface area contributed by atoms with Gasteiger partial charge in [0, 0.05) is 12.3 Å². The largest absolute Gasteiger partial charge is 0.438 e. The molecule has 0 saturated carbocycles. The second-order valence-electron chi connectivity index (χ2n) is 3.59. The summed E-state index contributed by atoms with van der Waals surface area (Å²) in [6.45, 7) is 1.42. The molecule has 0 amide bonds. The highest BCUT2D eigenvalue weighted by Gasteiger charge is 2.11. The summed E-state index contributed by atoms with van der Waals surface area (Å²) in [5, 5.41) is 0. The van der Waals surface area contributed by atoms with E-state index in [9.17, 15) is 9.18 Å². The highest BCUT2D eigenvalue weighted by Crippen LogP contribution is 2.26. The van der Waals surface area contributed by atoms with Gasteiger partial charge in [-0.15, -0.1) is 0 Å². The molecule has 2 rings (SSSR count). The van der Waals surface area contributed by atoms with Gasteiger partial charge in [-0.3, -0.25) is 4.79 Å². The van der Waals surface area contributed by atoms with E-state index >= 15 is 0 Å². The number of ketones is 1. The van der Waals surface area contributed by atoms with E-state index in [0.29, 0.717) is 10.0 Å². The SMILES string of the molecule is CC(=O)c1cccnc1Oc1ccc(Br)c(F)c1. The summed E-state index contributed by atoms with van der Waals surface area (Å²) >= 11 is 3.05. The number of carbonyl (C=O) groups is 1. The fraction of sp³-hybridized carbons (Fsp3) is 0.0769. The maximum atomic E-state index is 13.3. The fourth-order valence-corrected chi connectivity index (χ4v) is 1.64. The predicted molar refractivity (Wildman–Crippen MR) is 68.4 cm³/mol. The molecule has 1 aromatic carbocycles. The lowest BCUT2D eigenvalue weighted by molar-refractivity contribution is 0.101. The van der Waals surface area contributed by atoms with Crippen LogP contribution in [0.4, 0.5) is 4.39 Å². The van der Waals surface area contributed by atoms with Crippen molar-refractivity contribution in [3.63, 3.8) is 0 Å². The van der Waals surface area contributed by atoms with Gasteiger partial charge in [-0.05, 0) is 47.1 Å². The van der Waals surface area contributed by atoms with Crippen molar-refractivity contribution in [2.75, 3.05) is 0 Å². The zero-order valence-corrected chi connectivity index (χ0v) is 11.1. The third kappa shape index (κ3) is 2.73. The molecular formula is C13H9BrFNO2. The van der Waals surface area contributed by atoms with Crippen molar-refractivity contribution >= 4 is 21.7 Å². The molecule has 0 N–H and O–H groups in total. The monoisotopic (exact) mass is 309 g/mol. The van der Waals surface area contributed by atoms with Crippen LogP contribution in [0.5, 0.6) is 11.6 Å². The minimum Gasteiger partial charge on any atom is -0.438 e. The number of hydrogen-bond acceptors (Lipinski definition) is 3. The van der Waals surface area contributed by atoms with Crippen molar-refractivity contribution in [2.45, 2.75) is 6.92 Å². The third-order valence-corrected chi connectivity index (χ3v) is 2.90. The molecule has 1 heterocycles. The topological polar surface area (TPSA) is 39.2 Å². The number of hydrogen-bond donors (Lipinski definition) is 0. The van der Waals surface area contributed by atoms with Gasteiger partial charge in [0.2, 0.25) is 5.88 Å². The number of Topliss-reactive ketones (excluding diaryl/α,β-unsaturated/α-hetero) is 1. The number of nitrogens with zero attached hydrogens (tertiary/aromatic N) is 1. The molecule has 0 aliphatic rings. The molecule has 0 radical (unpaired) electrons. The lowest BCUT2D eigenvalue weighted by Gasteiger charge is -2.08. The van der Waals surface area contributed by atoms with E-state index in [0.717, 1.165) is 0 Å². The maximum absolute atomic E-state index is 13.3. The van der Waals surface area contributed by atoms with E-state index in [-0.39, 0.29) is 17.4 Å². The minimum absolute atomic E-state index is 0.157. The van der Waals surface area contributed by atoms with Crippen molar-refractivity contribution in [1.82, 2.24) is 4.98 Å². The summed E-state index contributed by atoms with van der Waals surface area (Å²) in [6.07, 6.45) is 1.51. The average Bonchev–Trinajstić information content (AvgIpc) is 2.34. The molecule has 0 aliphatic heterocycles. The Kier molecular flexibility index (Phi) is 3.72. The first kappa shape index (κ1) is 12.7. The van der Waals surface area contributed by atoms with Gasteiger partial charge in [0.15, 0.2) is 5.78 Å². The molecule has 0 fully saturated rings. The number of aromatic nitrogens is 1. The van der Waals surface area contributed by atoms with E-state index in [1.54, 1.807) is 18.2 Å². The van der Waals surface area contributed by atoms with Crippen LogP contribution in [0.1, 0.15) is 17.3 Å². The smallest absolute Gasteiger partial charge is 0.230 e. The molecule has 0 atom stereocenters. The van der Waals surface area contributed by atoms with Gasteiger partial charge in [-0.2, -0.15) is 0 Å². The zero-order chi connectivity index (χ0) is 13.1. The van der Waals surface area contributed by atoms with E-state index in [1.807, 2.05) is 0 Å². The van der Waals surface area contributed by atoms with Crippen LogP contribution in [-0.2, 0) is 0 Å². The first-order valence-electron chi connectivity index (χ1n) is 5.17. The van der Waals surface area contributed by atoms with Crippen molar-refractivity contribution < 1.29 is 13.9 Å². The van der Waals surface area contributed by atoms with Crippen LogP contribution < -0.4 is 4.74 Å². The second-order valence-corrected chi connectivity index (χ2v) is 4.44. The van der Waals surface area contributed by atoms with Gasteiger partial charge in [0.05, 0.1) is 10.0 Å². The van der Waals surface area contributed by atoms with Crippen molar-refractivity contribution in [3.8, 4) is 11.6 Å². The molecule has 2 aromatic rings. The summed E-state index contributed by atoms with van der Waals surface area (Å²) < 4.78 is 19.1. The van der Waals surface area contributed by atoms with Crippen molar-refractivity contribution in [2.24, 2.45) is 0 Å². The Hall–Kier alpha value is -1.75. The molecule has 0 bridgehead atoms. The highest BCUT2D eigenvalue weighted by atomic mass is 79.9. The molecule has 3 nitrogen and oxygen atoms in total. The fourth-order valence-electron chi connectivity index (χ4n) is 1.39. The summed E-state index contributed by atoms with van der Waals surface area (Å²) in [5.41, 5.74) is 0.362. The minimum atomic E-state index is -0.437. The number of benzene rings is 1. The van der Waals surface area contributed by atoms with Gasteiger partial charge < -0.3 is 4.74 Å². The van der Waals surface area contributed by atoms with Crippen LogP contribution in [-0.4, -0.2) is 10.8 Å². The molecule has 0 spiro atoms.